The minimum atomic E-state index is -0.337. The molecule has 1 fully saturated rings. The van der Waals surface area contributed by atoms with Crippen LogP contribution >= 0.6 is 11.8 Å². The molecule has 0 radical (unpaired) electrons. The molecule has 1 heterocycles. The van der Waals surface area contributed by atoms with Gasteiger partial charge in [0.05, 0.1) is 19.4 Å². The van der Waals surface area contributed by atoms with E-state index in [1.807, 2.05) is 24.3 Å². The molecule has 2 rings (SSSR count). The van der Waals surface area contributed by atoms with Crippen molar-refractivity contribution in [3.63, 3.8) is 0 Å². The lowest BCUT2D eigenvalue weighted by Crippen LogP contribution is -2.47. The van der Waals surface area contributed by atoms with Gasteiger partial charge in [0, 0.05) is 19.8 Å². The Morgan fingerprint density at radius 3 is 2.57 bits per heavy atom. The summed E-state index contributed by atoms with van der Waals surface area (Å²) in [5.41, 5.74) is 0.925. The molecule has 0 N–H and O–H groups in total. The van der Waals surface area contributed by atoms with Crippen LogP contribution in [-0.2, 0) is 16.0 Å². The lowest BCUT2D eigenvalue weighted by atomic mass is 10.1. The summed E-state index contributed by atoms with van der Waals surface area (Å²) >= 11 is 1.62. The summed E-state index contributed by atoms with van der Waals surface area (Å²) in [4.78, 5) is 27.7. The first-order valence-electron chi connectivity index (χ1n) is 6.74. The monoisotopic (exact) mass is 308 g/mol. The van der Waals surface area contributed by atoms with E-state index in [0.717, 1.165) is 11.3 Å². The van der Waals surface area contributed by atoms with E-state index < -0.39 is 0 Å². The molecule has 0 aliphatic carbocycles. The number of likely N-dealkylation sites (N-methyl/N-ethyl adjacent to an activating group) is 1. The van der Waals surface area contributed by atoms with Crippen LogP contribution in [0.5, 0.6) is 5.75 Å². The first kappa shape index (κ1) is 15.7. The molecule has 21 heavy (non-hydrogen) atoms. The molecular formula is C15H20N2O3S. The van der Waals surface area contributed by atoms with Crippen molar-refractivity contribution >= 4 is 23.6 Å². The van der Waals surface area contributed by atoms with Crippen molar-refractivity contribution in [2.75, 3.05) is 32.8 Å². The number of thioether (sulfide) groups is 1. The van der Waals surface area contributed by atoms with E-state index in [2.05, 4.69) is 0 Å². The van der Waals surface area contributed by atoms with Crippen molar-refractivity contribution in [2.24, 2.45) is 0 Å². The SMILES string of the molecule is COc1ccc(CC(=O)N2CSC[C@H]2C(=O)N(C)C)cc1. The fraction of sp³-hybridized carbons (Fsp3) is 0.467. The number of hydrogen-bond acceptors (Lipinski definition) is 4. The molecule has 1 aromatic rings. The molecule has 1 saturated heterocycles. The topological polar surface area (TPSA) is 49.9 Å². The number of benzene rings is 1. The number of hydrogen-bond donors (Lipinski definition) is 0. The molecule has 0 bridgehead atoms. The summed E-state index contributed by atoms with van der Waals surface area (Å²) in [6.45, 7) is 0. The summed E-state index contributed by atoms with van der Waals surface area (Å²) in [5.74, 6) is 2.00. The maximum atomic E-state index is 12.4. The van der Waals surface area contributed by atoms with Crippen LogP contribution in [0, 0.1) is 0 Å². The largest absolute Gasteiger partial charge is 0.497 e. The van der Waals surface area contributed by atoms with Gasteiger partial charge in [-0.3, -0.25) is 9.59 Å². The third-order valence-corrected chi connectivity index (χ3v) is 4.46. The molecule has 0 saturated carbocycles. The molecule has 1 aromatic carbocycles. The van der Waals surface area contributed by atoms with Gasteiger partial charge in [0.2, 0.25) is 11.8 Å². The maximum Gasteiger partial charge on any atom is 0.245 e. The zero-order valence-electron chi connectivity index (χ0n) is 12.5. The Morgan fingerprint density at radius 2 is 2.00 bits per heavy atom. The Hall–Kier alpha value is -1.69. The van der Waals surface area contributed by atoms with E-state index in [1.165, 1.54) is 0 Å². The molecule has 2 amide bonds. The van der Waals surface area contributed by atoms with Gasteiger partial charge in [-0.25, -0.2) is 0 Å². The van der Waals surface area contributed by atoms with E-state index >= 15 is 0 Å². The molecule has 0 aromatic heterocycles. The number of nitrogens with zero attached hydrogens (tertiary/aromatic N) is 2. The lowest BCUT2D eigenvalue weighted by molar-refractivity contribution is -0.141. The highest BCUT2D eigenvalue weighted by Gasteiger charge is 2.35. The summed E-state index contributed by atoms with van der Waals surface area (Å²) in [5, 5.41) is 0. The minimum absolute atomic E-state index is 0.00892. The fourth-order valence-corrected chi connectivity index (χ4v) is 3.38. The standard InChI is InChI=1S/C15H20N2O3S/c1-16(2)15(19)13-9-21-10-17(13)14(18)8-11-4-6-12(20-3)7-5-11/h4-7,13H,8-10H2,1-3H3/t13-/m0/s1. The molecule has 6 heteroatoms. The van der Waals surface area contributed by atoms with Crippen LogP contribution in [0.1, 0.15) is 5.56 Å². The lowest BCUT2D eigenvalue weighted by Gasteiger charge is -2.25. The second-order valence-electron chi connectivity index (χ2n) is 5.14. The summed E-state index contributed by atoms with van der Waals surface area (Å²) in [6.07, 6.45) is 0.307. The first-order chi connectivity index (χ1) is 10.0. The van der Waals surface area contributed by atoms with Crippen molar-refractivity contribution in [3.05, 3.63) is 29.8 Å². The van der Waals surface area contributed by atoms with E-state index in [9.17, 15) is 9.59 Å². The highest BCUT2D eigenvalue weighted by molar-refractivity contribution is 7.99. The van der Waals surface area contributed by atoms with Crippen LogP contribution in [0.15, 0.2) is 24.3 Å². The number of carbonyl (C=O) groups excluding carboxylic acids is 2. The average Bonchev–Trinajstić information content (AvgIpc) is 2.96. The molecule has 0 unspecified atom stereocenters. The Kier molecular flexibility index (Phi) is 5.12. The van der Waals surface area contributed by atoms with Gasteiger partial charge in [-0.05, 0) is 17.7 Å². The quantitative estimate of drug-likeness (QED) is 0.839. The van der Waals surface area contributed by atoms with Gasteiger partial charge in [-0.1, -0.05) is 12.1 Å². The van der Waals surface area contributed by atoms with Crippen molar-refractivity contribution in [3.8, 4) is 5.75 Å². The molecule has 5 nitrogen and oxygen atoms in total. The Labute approximate surface area is 129 Å². The van der Waals surface area contributed by atoms with Crippen molar-refractivity contribution in [2.45, 2.75) is 12.5 Å². The third kappa shape index (κ3) is 3.69. The second-order valence-corrected chi connectivity index (χ2v) is 6.14. The maximum absolute atomic E-state index is 12.4. The number of carbonyl (C=O) groups is 2. The predicted octanol–water partition coefficient (Wildman–Crippen LogP) is 1.23. The van der Waals surface area contributed by atoms with E-state index in [4.69, 9.17) is 4.74 Å². The Balaban J connectivity index is 2.03. The van der Waals surface area contributed by atoms with Gasteiger partial charge in [0.1, 0.15) is 11.8 Å². The van der Waals surface area contributed by atoms with Crippen LogP contribution in [0.4, 0.5) is 0 Å². The van der Waals surface area contributed by atoms with E-state index in [0.29, 0.717) is 18.1 Å². The van der Waals surface area contributed by atoms with E-state index in [-0.39, 0.29) is 17.9 Å². The number of rotatable bonds is 4. The Morgan fingerprint density at radius 1 is 1.33 bits per heavy atom. The van der Waals surface area contributed by atoms with Gasteiger partial charge in [-0.15, -0.1) is 11.8 Å². The molecule has 1 aliphatic rings. The van der Waals surface area contributed by atoms with Gasteiger partial charge in [-0.2, -0.15) is 0 Å². The molecule has 114 valence electrons. The van der Waals surface area contributed by atoms with Crippen molar-refractivity contribution in [1.29, 1.82) is 0 Å². The second kappa shape index (κ2) is 6.85. The highest BCUT2D eigenvalue weighted by Crippen LogP contribution is 2.23. The zero-order chi connectivity index (χ0) is 15.4. The van der Waals surface area contributed by atoms with Gasteiger partial charge in [0.15, 0.2) is 0 Å². The molecule has 0 spiro atoms. The number of ether oxygens (including phenoxy) is 1. The summed E-state index contributed by atoms with van der Waals surface area (Å²) < 4.78 is 5.10. The van der Waals surface area contributed by atoms with Gasteiger partial charge < -0.3 is 14.5 Å². The van der Waals surface area contributed by atoms with Crippen LogP contribution in [-0.4, -0.2) is 60.5 Å². The fourth-order valence-electron chi connectivity index (χ4n) is 2.21. The van der Waals surface area contributed by atoms with Crippen LogP contribution in [0.2, 0.25) is 0 Å². The normalized spacial score (nSPS) is 17.7. The molecule has 1 atom stereocenters. The Bertz CT molecular complexity index is 516. The average molecular weight is 308 g/mol. The van der Waals surface area contributed by atoms with Gasteiger partial charge >= 0.3 is 0 Å². The zero-order valence-corrected chi connectivity index (χ0v) is 13.4. The van der Waals surface area contributed by atoms with Crippen LogP contribution in [0.25, 0.3) is 0 Å². The third-order valence-electron chi connectivity index (χ3n) is 3.44. The first-order valence-corrected chi connectivity index (χ1v) is 7.89. The molecule has 1 aliphatic heterocycles. The predicted molar refractivity (Wildman–Crippen MR) is 83.4 cm³/mol. The minimum Gasteiger partial charge on any atom is -0.497 e. The number of methoxy groups -OCH3 is 1. The summed E-state index contributed by atoms with van der Waals surface area (Å²) in [6, 6.07) is 7.09. The van der Waals surface area contributed by atoms with Gasteiger partial charge in [0.25, 0.3) is 0 Å². The number of amides is 2. The van der Waals surface area contributed by atoms with Crippen LogP contribution < -0.4 is 4.74 Å². The highest BCUT2D eigenvalue weighted by atomic mass is 32.2. The molecular weight excluding hydrogens is 288 g/mol. The van der Waals surface area contributed by atoms with Crippen molar-refractivity contribution in [1.82, 2.24) is 9.80 Å². The van der Waals surface area contributed by atoms with Crippen molar-refractivity contribution < 1.29 is 14.3 Å². The van der Waals surface area contributed by atoms with E-state index in [1.54, 1.807) is 42.8 Å². The van der Waals surface area contributed by atoms with Crippen LogP contribution in [0.3, 0.4) is 0 Å². The summed E-state index contributed by atoms with van der Waals surface area (Å²) in [7, 11) is 5.05. The smallest absolute Gasteiger partial charge is 0.245 e.